The van der Waals surface area contributed by atoms with Crippen molar-refractivity contribution in [1.29, 1.82) is 0 Å². The maximum absolute atomic E-state index is 13.1. The fourth-order valence-corrected chi connectivity index (χ4v) is 4.26. The molecule has 0 amide bonds. The first kappa shape index (κ1) is 22.0. The highest BCUT2D eigenvalue weighted by Gasteiger charge is 2.20. The van der Waals surface area contributed by atoms with E-state index in [0.717, 1.165) is 49.5 Å². The summed E-state index contributed by atoms with van der Waals surface area (Å²) < 4.78 is 14.8. The smallest absolute Gasteiger partial charge is 0.173 e. The van der Waals surface area contributed by atoms with Crippen molar-refractivity contribution in [2.75, 3.05) is 31.5 Å². The van der Waals surface area contributed by atoms with Crippen molar-refractivity contribution >= 4 is 46.2 Å². The fraction of sp³-hybridized carbons (Fsp3) is 0.273. The Morgan fingerprint density at radius 3 is 2.48 bits per heavy atom. The van der Waals surface area contributed by atoms with E-state index in [1.165, 1.54) is 12.1 Å². The summed E-state index contributed by atoms with van der Waals surface area (Å²) in [4.78, 5) is 4.52. The summed E-state index contributed by atoms with van der Waals surface area (Å²) in [5.41, 5.74) is 2.90. The minimum Gasteiger partial charge on any atom is -0.346 e. The molecule has 2 heterocycles. The molecule has 9 heteroatoms. The van der Waals surface area contributed by atoms with Crippen LogP contribution in [0.4, 0.5) is 10.1 Å². The van der Waals surface area contributed by atoms with Gasteiger partial charge in [-0.1, -0.05) is 41.4 Å². The second-order valence-corrected chi connectivity index (χ2v) is 8.71. The Morgan fingerprint density at radius 1 is 1.03 bits per heavy atom. The number of anilines is 1. The van der Waals surface area contributed by atoms with Gasteiger partial charge < -0.3 is 10.2 Å². The zero-order valence-corrected chi connectivity index (χ0v) is 19.1. The average molecular weight is 478 g/mol. The molecule has 0 bridgehead atoms. The number of benzene rings is 2. The number of hydrogen-bond donors (Lipinski definition) is 1. The first-order chi connectivity index (χ1) is 15.0. The third-order valence-corrected chi connectivity index (χ3v) is 6.16. The molecule has 0 unspecified atom stereocenters. The summed E-state index contributed by atoms with van der Waals surface area (Å²) in [7, 11) is 0. The van der Waals surface area contributed by atoms with Crippen molar-refractivity contribution in [2.24, 2.45) is 0 Å². The number of aromatic nitrogens is 2. The lowest BCUT2D eigenvalue weighted by molar-refractivity contribution is 0.177. The van der Waals surface area contributed by atoms with Crippen LogP contribution in [0.3, 0.4) is 0 Å². The van der Waals surface area contributed by atoms with Gasteiger partial charge >= 0.3 is 0 Å². The molecule has 0 spiro atoms. The molecule has 162 valence electrons. The molecule has 31 heavy (non-hydrogen) atoms. The molecule has 0 saturated carbocycles. The van der Waals surface area contributed by atoms with Gasteiger partial charge in [0.2, 0.25) is 0 Å². The van der Waals surface area contributed by atoms with Gasteiger partial charge in [0.25, 0.3) is 0 Å². The Balaban J connectivity index is 1.26. The van der Waals surface area contributed by atoms with Crippen LogP contribution in [0, 0.1) is 5.82 Å². The number of halogens is 3. The summed E-state index contributed by atoms with van der Waals surface area (Å²) in [6.07, 6.45) is 3.64. The van der Waals surface area contributed by atoms with Gasteiger partial charge in [0.1, 0.15) is 5.82 Å². The summed E-state index contributed by atoms with van der Waals surface area (Å²) >= 11 is 17.9. The lowest BCUT2D eigenvalue weighted by Crippen LogP contribution is -2.49. The van der Waals surface area contributed by atoms with Crippen molar-refractivity contribution in [2.45, 2.75) is 13.1 Å². The minimum atomic E-state index is -0.242. The number of thiocarbonyl (C=S) groups is 1. The first-order valence-electron chi connectivity index (χ1n) is 9.95. The molecular formula is C22H22Cl2FN5S. The zero-order chi connectivity index (χ0) is 21.8. The van der Waals surface area contributed by atoms with Crippen molar-refractivity contribution in [1.82, 2.24) is 19.6 Å². The predicted octanol–water partition coefficient (Wildman–Crippen LogP) is 4.89. The molecule has 2 aromatic carbocycles. The quantitative estimate of drug-likeness (QED) is 0.529. The van der Waals surface area contributed by atoms with E-state index >= 15 is 0 Å². The Hall–Kier alpha value is -2.19. The number of nitrogens with one attached hydrogen (secondary N) is 1. The third kappa shape index (κ3) is 5.95. The van der Waals surface area contributed by atoms with E-state index in [4.69, 9.17) is 35.4 Å². The average Bonchev–Trinajstić information content (AvgIpc) is 3.19. The van der Waals surface area contributed by atoms with Crippen LogP contribution in [0.1, 0.15) is 11.1 Å². The van der Waals surface area contributed by atoms with Gasteiger partial charge in [-0.2, -0.15) is 5.10 Å². The van der Waals surface area contributed by atoms with Crippen LogP contribution in [-0.2, 0) is 13.1 Å². The number of nitrogens with zero attached hydrogens (tertiary/aromatic N) is 4. The number of piperazine rings is 1. The van der Waals surface area contributed by atoms with Gasteiger partial charge in [0.15, 0.2) is 5.11 Å². The topological polar surface area (TPSA) is 36.3 Å². The fourth-order valence-electron chi connectivity index (χ4n) is 3.49. The summed E-state index contributed by atoms with van der Waals surface area (Å²) in [6, 6.07) is 12.0. The number of hydrogen-bond acceptors (Lipinski definition) is 3. The monoisotopic (exact) mass is 477 g/mol. The van der Waals surface area contributed by atoms with Crippen LogP contribution >= 0.6 is 35.4 Å². The van der Waals surface area contributed by atoms with Crippen molar-refractivity contribution in [3.63, 3.8) is 0 Å². The van der Waals surface area contributed by atoms with Crippen molar-refractivity contribution in [3.05, 3.63) is 81.8 Å². The lowest BCUT2D eigenvalue weighted by atomic mass is 10.2. The van der Waals surface area contributed by atoms with Crippen molar-refractivity contribution < 1.29 is 4.39 Å². The van der Waals surface area contributed by atoms with Crippen LogP contribution < -0.4 is 5.32 Å². The highest BCUT2D eigenvalue weighted by molar-refractivity contribution is 7.80. The van der Waals surface area contributed by atoms with Gasteiger partial charge in [0, 0.05) is 49.0 Å². The summed E-state index contributed by atoms with van der Waals surface area (Å²) in [6.45, 7) is 4.82. The molecule has 0 atom stereocenters. The normalized spacial score (nSPS) is 14.6. The Morgan fingerprint density at radius 2 is 1.77 bits per heavy atom. The molecule has 1 fully saturated rings. The molecule has 5 nitrogen and oxygen atoms in total. The first-order valence-corrected chi connectivity index (χ1v) is 11.1. The van der Waals surface area contributed by atoms with E-state index in [1.807, 2.05) is 18.3 Å². The van der Waals surface area contributed by atoms with Gasteiger partial charge in [0.05, 0.1) is 18.4 Å². The highest BCUT2D eigenvalue weighted by atomic mass is 35.5. The number of rotatable bonds is 5. The second kappa shape index (κ2) is 9.96. The van der Waals surface area contributed by atoms with Gasteiger partial charge in [-0.3, -0.25) is 9.58 Å². The summed E-state index contributed by atoms with van der Waals surface area (Å²) in [5.74, 6) is -0.242. The molecule has 1 aliphatic rings. The second-order valence-electron chi connectivity index (χ2n) is 7.48. The van der Waals surface area contributed by atoms with Crippen LogP contribution in [0.25, 0.3) is 0 Å². The lowest BCUT2D eigenvalue weighted by Gasteiger charge is -2.36. The molecular weight excluding hydrogens is 456 g/mol. The SMILES string of the molecule is Fc1ccc(Cn2cc(NC(=S)N3CCN(Cc4ccc(Cl)cc4Cl)CC3)cn2)cc1. The van der Waals surface area contributed by atoms with Crippen LogP contribution in [-0.4, -0.2) is 50.9 Å². The maximum Gasteiger partial charge on any atom is 0.173 e. The molecule has 1 aliphatic heterocycles. The van der Waals surface area contributed by atoms with Crippen LogP contribution in [0.15, 0.2) is 54.9 Å². The molecule has 1 saturated heterocycles. The highest BCUT2D eigenvalue weighted by Crippen LogP contribution is 2.23. The Kier molecular flexibility index (Phi) is 7.07. The van der Waals surface area contributed by atoms with E-state index < -0.39 is 0 Å². The van der Waals surface area contributed by atoms with Crippen LogP contribution in [0.5, 0.6) is 0 Å². The largest absolute Gasteiger partial charge is 0.346 e. The van der Waals surface area contributed by atoms with Gasteiger partial charge in [-0.15, -0.1) is 0 Å². The molecule has 3 aromatic rings. The van der Waals surface area contributed by atoms with Crippen LogP contribution in [0.2, 0.25) is 10.0 Å². The Labute approximate surface area is 196 Å². The van der Waals surface area contributed by atoms with Gasteiger partial charge in [-0.25, -0.2) is 4.39 Å². The summed E-state index contributed by atoms with van der Waals surface area (Å²) in [5, 5.41) is 9.66. The molecule has 0 aliphatic carbocycles. The molecule has 1 aromatic heterocycles. The molecule has 1 N–H and O–H groups in total. The Bertz CT molecular complexity index is 1050. The predicted molar refractivity (Wildman–Crippen MR) is 127 cm³/mol. The maximum atomic E-state index is 13.1. The van der Waals surface area contributed by atoms with E-state index in [1.54, 1.807) is 29.1 Å². The van der Waals surface area contributed by atoms with E-state index in [0.29, 0.717) is 21.7 Å². The zero-order valence-electron chi connectivity index (χ0n) is 16.8. The van der Waals surface area contributed by atoms with E-state index in [9.17, 15) is 4.39 Å². The molecule has 4 rings (SSSR count). The van der Waals surface area contributed by atoms with Crippen molar-refractivity contribution in [3.8, 4) is 0 Å². The third-order valence-electron chi connectivity index (χ3n) is 5.21. The standard InChI is InChI=1S/C22H22Cl2FN5S/c23-18-4-3-17(21(24)11-18)14-28-7-9-29(10-8-28)22(31)27-20-12-26-30(15-20)13-16-1-5-19(25)6-2-16/h1-6,11-12,15H,7-10,13-14H2,(H,27,31). The van der Waals surface area contributed by atoms with E-state index in [2.05, 4.69) is 20.2 Å². The van der Waals surface area contributed by atoms with Gasteiger partial charge in [-0.05, 0) is 47.6 Å². The minimum absolute atomic E-state index is 0.242. The van der Waals surface area contributed by atoms with E-state index in [-0.39, 0.29) is 5.82 Å². The molecule has 0 radical (unpaired) electrons.